The topological polar surface area (TPSA) is 73.1 Å². The molecule has 2 aromatic heterocycles. The molecule has 0 radical (unpaired) electrons. The fourth-order valence-corrected chi connectivity index (χ4v) is 2.46. The molecular formula is C12H13F3N4O2. The van der Waals surface area contributed by atoms with Crippen LogP contribution in [0.1, 0.15) is 30.6 Å². The molecule has 114 valence electrons. The maximum atomic E-state index is 13.0. The highest BCUT2D eigenvalue weighted by atomic mass is 19.4. The van der Waals surface area contributed by atoms with Crippen LogP contribution in [0.4, 0.5) is 13.2 Å². The number of aliphatic hydroxyl groups is 1. The van der Waals surface area contributed by atoms with Crippen molar-refractivity contribution in [1.29, 1.82) is 0 Å². The van der Waals surface area contributed by atoms with E-state index in [1.54, 1.807) is 0 Å². The molecule has 2 atom stereocenters. The molecule has 1 saturated heterocycles. The molecule has 2 aromatic rings. The summed E-state index contributed by atoms with van der Waals surface area (Å²) >= 11 is 0. The van der Waals surface area contributed by atoms with E-state index < -0.39 is 18.1 Å². The lowest BCUT2D eigenvalue weighted by atomic mass is 10.2. The zero-order chi connectivity index (χ0) is 15.2. The Morgan fingerprint density at radius 3 is 2.76 bits per heavy atom. The van der Waals surface area contributed by atoms with Gasteiger partial charge in [-0.3, -0.25) is 4.57 Å². The van der Waals surface area contributed by atoms with Gasteiger partial charge in [0.05, 0.1) is 19.0 Å². The second-order valence-corrected chi connectivity index (χ2v) is 4.91. The molecule has 6 nitrogen and oxygen atoms in total. The van der Waals surface area contributed by atoms with Crippen molar-refractivity contribution in [2.75, 3.05) is 6.61 Å². The molecule has 1 fully saturated rings. The smallest absolute Gasteiger partial charge is 0.394 e. The van der Waals surface area contributed by atoms with Crippen molar-refractivity contribution in [2.24, 2.45) is 0 Å². The second-order valence-electron chi connectivity index (χ2n) is 4.91. The molecule has 0 spiro atoms. The number of imidazole rings is 1. The maximum Gasteiger partial charge on any atom is 0.435 e. The third-order valence-electron chi connectivity index (χ3n) is 3.40. The standard InChI is InChI=1S/C12H13F3N4O2/c1-6-17-10(12(13,14)15)9-11(18-6)19(5-16-9)8-3-2-7(4-20)21-8/h5,7-8,20H,2-4H2,1H3. The number of nitrogens with zero attached hydrogens (tertiary/aromatic N) is 4. The van der Waals surface area contributed by atoms with Crippen LogP contribution in [0.5, 0.6) is 0 Å². The van der Waals surface area contributed by atoms with Crippen molar-refractivity contribution >= 4 is 11.2 Å². The third-order valence-corrected chi connectivity index (χ3v) is 3.40. The number of halogens is 3. The third kappa shape index (κ3) is 2.46. The second kappa shape index (κ2) is 4.92. The number of hydrogen-bond acceptors (Lipinski definition) is 5. The number of aromatic nitrogens is 4. The SMILES string of the molecule is Cc1nc(C(F)(F)F)c2ncn(C3CCC(CO)O3)c2n1. The molecular weight excluding hydrogens is 289 g/mol. The predicted octanol–water partition coefficient (Wildman–Crippen LogP) is 1.82. The number of fused-ring (bicyclic) bond motifs is 1. The molecule has 3 heterocycles. The minimum absolute atomic E-state index is 0.0216. The summed E-state index contributed by atoms with van der Waals surface area (Å²) < 4.78 is 46.0. The van der Waals surface area contributed by atoms with E-state index in [0.717, 1.165) is 0 Å². The molecule has 3 rings (SSSR count). The zero-order valence-electron chi connectivity index (χ0n) is 11.1. The van der Waals surface area contributed by atoms with E-state index in [2.05, 4.69) is 15.0 Å². The molecule has 0 bridgehead atoms. The molecule has 1 N–H and O–H groups in total. The van der Waals surface area contributed by atoms with E-state index in [0.29, 0.717) is 12.8 Å². The van der Waals surface area contributed by atoms with E-state index in [4.69, 9.17) is 9.84 Å². The summed E-state index contributed by atoms with van der Waals surface area (Å²) in [4.78, 5) is 11.3. The highest BCUT2D eigenvalue weighted by Gasteiger charge is 2.37. The van der Waals surface area contributed by atoms with Crippen LogP contribution in [0.2, 0.25) is 0 Å². The number of hydrogen-bond donors (Lipinski definition) is 1. The van der Waals surface area contributed by atoms with E-state index in [1.807, 2.05) is 0 Å². The average Bonchev–Trinajstić information content (AvgIpc) is 3.01. The van der Waals surface area contributed by atoms with Crippen molar-refractivity contribution in [3.63, 3.8) is 0 Å². The zero-order valence-corrected chi connectivity index (χ0v) is 11.1. The van der Waals surface area contributed by atoms with Gasteiger partial charge in [0.25, 0.3) is 0 Å². The first-order valence-corrected chi connectivity index (χ1v) is 6.45. The Morgan fingerprint density at radius 2 is 2.14 bits per heavy atom. The summed E-state index contributed by atoms with van der Waals surface area (Å²) in [6.07, 6.45) is -2.87. The van der Waals surface area contributed by atoms with Crippen molar-refractivity contribution in [1.82, 2.24) is 19.5 Å². The van der Waals surface area contributed by atoms with E-state index in [9.17, 15) is 13.2 Å². The first kappa shape index (κ1) is 14.2. The van der Waals surface area contributed by atoms with Gasteiger partial charge >= 0.3 is 6.18 Å². The van der Waals surface area contributed by atoms with Crippen LogP contribution < -0.4 is 0 Å². The van der Waals surface area contributed by atoms with Gasteiger partial charge in [0, 0.05) is 0 Å². The average molecular weight is 302 g/mol. The van der Waals surface area contributed by atoms with Gasteiger partial charge in [-0.05, 0) is 19.8 Å². The summed E-state index contributed by atoms with van der Waals surface area (Å²) in [5.74, 6) is 0.0216. The Hall–Kier alpha value is -1.74. The Balaban J connectivity index is 2.08. The molecule has 1 aliphatic heterocycles. The van der Waals surface area contributed by atoms with Crippen LogP contribution in [0.25, 0.3) is 11.2 Å². The van der Waals surface area contributed by atoms with Gasteiger partial charge < -0.3 is 9.84 Å². The lowest BCUT2D eigenvalue weighted by Gasteiger charge is -2.14. The quantitative estimate of drug-likeness (QED) is 0.916. The van der Waals surface area contributed by atoms with Crippen LogP contribution in [0, 0.1) is 6.92 Å². The first-order chi connectivity index (χ1) is 9.90. The monoisotopic (exact) mass is 302 g/mol. The van der Waals surface area contributed by atoms with Crippen LogP contribution in [0.15, 0.2) is 6.33 Å². The number of alkyl halides is 3. The Bertz CT molecular complexity index is 670. The Labute approximate surface area is 117 Å². The maximum absolute atomic E-state index is 13.0. The van der Waals surface area contributed by atoms with Gasteiger partial charge in [0.15, 0.2) is 11.3 Å². The summed E-state index contributed by atoms with van der Waals surface area (Å²) in [6.45, 7) is 1.28. The van der Waals surface area contributed by atoms with Crippen molar-refractivity contribution in [3.05, 3.63) is 17.8 Å². The fraction of sp³-hybridized carbons (Fsp3) is 0.583. The number of aryl methyl sites for hydroxylation is 1. The Morgan fingerprint density at radius 1 is 1.38 bits per heavy atom. The minimum Gasteiger partial charge on any atom is -0.394 e. The first-order valence-electron chi connectivity index (χ1n) is 6.45. The largest absolute Gasteiger partial charge is 0.435 e. The van der Waals surface area contributed by atoms with Gasteiger partial charge in [-0.25, -0.2) is 15.0 Å². The minimum atomic E-state index is -4.59. The van der Waals surface area contributed by atoms with Gasteiger partial charge in [-0.15, -0.1) is 0 Å². The van der Waals surface area contributed by atoms with Crippen LogP contribution in [-0.4, -0.2) is 37.3 Å². The molecule has 0 amide bonds. The molecule has 21 heavy (non-hydrogen) atoms. The molecule has 0 aromatic carbocycles. The molecule has 2 unspecified atom stereocenters. The fourth-order valence-electron chi connectivity index (χ4n) is 2.46. The highest BCUT2D eigenvalue weighted by Crippen LogP contribution is 2.35. The van der Waals surface area contributed by atoms with Crippen molar-refractivity contribution < 1.29 is 23.0 Å². The van der Waals surface area contributed by atoms with E-state index in [1.165, 1.54) is 17.8 Å². The van der Waals surface area contributed by atoms with Crippen molar-refractivity contribution in [2.45, 2.75) is 38.3 Å². The number of aliphatic hydroxyl groups excluding tert-OH is 1. The summed E-state index contributed by atoms with van der Waals surface area (Å²) in [5.41, 5.74) is -1.23. The summed E-state index contributed by atoms with van der Waals surface area (Å²) in [5, 5.41) is 9.07. The van der Waals surface area contributed by atoms with Crippen molar-refractivity contribution in [3.8, 4) is 0 Å². The molecule has 0 aliphatic carbocycles. The summed E-state index contributed by atoms with van der Waals surface area (Å²) in [6, 6.07) is 0. The molecule has 1 aliphatic rings. The van der Waals surface area contributed by atoms with Crippen LogP contribution in [-0.2, 0) is 10.9 Å². The normalized spacial score (nSPS) is 23.1. The van der Waals surface area contributed by atoms with Crippen LogP contribution >= 0.6 is 0 Å². The molecule has 0 saturated carbocycles. The number of ether oxygens (including phenoxy) is 1. The molecule has 9 heteroatoms. The van der Waals surface area contributed by atoms with Gasteiger partial charge in [-0.1, -0.05) is 0 Å². The van der Waals surface area contributed by atoms with E-state index in [-0.39, 0.29) is 29.7 Å². The highest BCUT2D eigenvalue weighted by molar-refractivity contribution is 5.74. The van der Waals surface area contributed by atoms with Gasteiger partial charge in [0.2, 0.25) is 0 Å². The van der Waals surface area contributed by atoms with Gasteiger partial charge in [-0.2, -0.15) is 13.2 Å². The summed E-state index contributed by atoms with van der Waals surface area (Å²) in [7, 11) is 0. The Kier molecular flexibility index (Phi) is 3.33. The van der Waals surface area contributed by atoms with Gasteiger partial charge in [0.1, 0.15) is 17.6 Å². The van der Waals surface area contributed by atoms with Crippen LogP contribution in [0.3, 0.4) is 0 Å². The lowest BCUT2D eigenvalue weighted by Crippen LogP contribution is -2.15. The number of rotatable bonds is 2. The predicted molar refractivity (Wildman–Crippen MR) is 65.3 cm³/mol. The van der Waals surface area contributed by atoms with E-state index >= 15 is 0 Å². The lowest BCUT2D eigenvalue weighted by molar-refractivity contribution is -0.140.